The Balaban J connectivity index is 2.40. The first-order valence-corrected chi connectivity index (χ1v) is 5.67. The first-order valence-electron chi connectivity index (χ1n) is 5.67. The molecule has 92 valence electrons. The zero-order chi connectivity index (χ0) is 12.6. The molecular weight excluding hydrogens is 221 g/mol. The lowest BCUT2D eigenvalue weighted by Gasteiger charge is -2.23. The second-order valence-corrected chi connectivity index (χ2v) is 5.27. The van der Waals surface area contributed by atoms with Gasteiger partial charge in [0.2, 0.25) is 0 Å². The van der Waals surface area contributed by atoms with Crippen molar-refractivity contribution < 1.29 is 14.3 Å². The van der Waals surface area contributed by atoms with Gasteiger partial charge in [-0.1, -0.05) is 19.9 Å². The predicted octanol–water partition coefficient (Wildman–Crippen LogP) is 2.76. The Bertz CT molecular complexity index is 457. The summed E-state index contributed by atoms with van der Waals surface area (Å²) < 4.78 is 13.5. The largest absolute Gasteiger partial charge is 0.478 e. The summed E-state index contributed by atoms with van der Waals surface area (Å²) in [5.74, 6) is -1.87. The van der Waals surface area contributed by atoms with Crippen molar-refractivity contribution in [1.82, 2.24) is 0 Å². The van der Waals surface area contributed by atoms with E-state index in [-0.39, 0.29) is 11.0 Å². The van der Waals surface area contributed by atoms with Crippen molar-refractivity contribution in [3.63, 3.8) is 0 Å². The van der Waals surface area contributed by atoms with Gasteiger partial charge in [0.1, 0.15) is 11.4 Å². The van der Waals surface area contributed by atoms with Gasteiger partial charge >= 0.3 is 5.97 Å². The summed E-state index contributed by atoms with van der Waals surface area (Å²) >= 11 is 0. The van der Waals surface area contributed by atoms with Gasteiger partial charge in [-0.2, -0.15) is 0 Å². The molecule has 1 fully saturated rings. The van der Waals surface area contributed by atoms with Crippen molar-refractivity contribution in [2.24, 2.45) is 5.41 Å². The summed E-state index contributed by atoms with van der Waals surface area (Å²) in [4.78, 5) is 13.0. The standard InChI is InChI=1S/C13H16FNO2/c1-13(2)6-7-15(8-13)10-5-3-4-9(14)11(10)12(16)17/h3-5H,6-8H2,1-2H3,(H,16,17). The second-order valence-electron chi connectivity index (χ2n) is 5.27. The molecule has 1 heterocycles. The van der Waals surface area contributed by atoms with E-state index in [1.54, 1.807) is 12.1 Å². The number of hydrogen-bond acceptors (Lipinski definition) is 2. The van der Waals surface area contributed by atoms with Crippen LogP contribution in [0.25, 0.3) is 0 Å². The highest BCUT2D eigenvalue weighted by Gasteiger charge is 2.31. The summed E-state index contributed by atoms with van der Waals surface area (Å²) in [7, 11) is 0. The van der Waals surface area contributed by atoms with E-state index in [0.29, 0.717) is 5.69 Å². The van der Waals surface area contributed by atoms with Crippen LogP contribution in [0.2, 0.25) is 0 Å². The average Bonchev–Trinajstić information content (AvgIpc) is 2.57. The van der Waals surface area contributed by atoms with Crippen LogP contribution in [0.15, 0.2) is 18.2 Å². The molecular formula is C13H16FNO2. The van der Waals surface area contributed by atoms with E-state index in [0.717, 1.165) is 19.5 Å². The molecule has 0 unspecified atom stereocenters. The number of halogens is 1. The fourth-order valence-electron chi connectivity index (χ4n) is 2.31. The lowest BCUT2D eigenvalue weighted by molar-refractivity contribution is 0.0692. The van der Waals surface area contributed by atoms with E-state index in [9.17, 15) is 9.18 Å². The highest BCUT2D eigenvalue weighted by molar-refractivity contribution is 5.94. The Hall–Kier alpha value is -1.58. The maximum atomic E-state index is 13.5. The van der Waals surface area contributed by atoms with Gasteiger partial charge in [0.25, 0.3) is 0 Å². The summed E-state index contributed by atoms with van der Waals surface area (Å²) in [5, 5.41) is 9.07. The van der Waals surface area contributed by atoms with Crippen molar-refractivity contribution in [2.45, 2.75) is 20.3 Å². The van der Waals surface area contributed by atoms with Crippen LogP contribution < -0.4 is 4.90 Å². The molecule has 1 aromatic carbocycles. The zero-order valence-corrected chi connectivity index (χ0v) is 10.0. The SMILES string of the molecule is CC1(C)CCN(c2cccc(F)c2C(=O)O)C1. The van der Waals surface area contributed by atoms with Gasteiger partial charge in [-0.05, 0) is 24.0 Å². The van der Waals surface area contributed by atoms with Crippen molar-refractivity contribution >= 4 is 11.7 Å². The molecule has 3 nitrogen and oxygen atoms in total. The molecule has 0 amide bonds. The number of hydrogen-bond donors (Lipinski definition) is 1. The lowest BCUT2D eigenvalue weighted by atomic mass is 9.93. The van der Waals surface area contributed by atoms with Crippen LogP contribution >= 0.6 is 0 Å². The topological polar surface area (TPSA) is 40.5 Å². The smallest absolute Gasteiger partial charge is 0.340 e. The maximum Gasteiger partial charge on any atom is 0.340 e. The highest BCUT2D eigenvalue weighted by Crippen LogP contribution is 2.34. The first kappa shape index (κ1) is 11.9. The minimum absolute atomic E-state index is 0.155. The number of nitrogens with zero attached hydrogens (tertiary/aromatic N) is 1. The molecule has 2 rings (SSSR count). The molecule has 0 radical (unpaired) electrons. The van der Waals surface area contributed by atoms with E-state index in [2.05, 4.69) is 13.8 Å². The van der Waals surface area contributed by atoms with Gasteiger partial charge < -0.3 is 10.0 Å². The second kappa shape index (κ2) is 4.02. The molecule has 17 heavy (non-hydrogen) atoms. The summed E-state index contributed by atoms with van der Waals surface area (Å²) in [6.45, 7) is 5.80. The van der Waals surface area contributed by atoms with E-state index in [4.69, 9.17) is 5.11 Å². The quantitative estimate of drug-likeness (QED) is 0.859. The Morgan fingerprint density at radius 2 is 2.18 bits per heavy atom. The van der Waals surface area contributed by atoms with E-state index >= 15 is 0 Å². The average molecular weight is 237 g/mol. The predicted molar refractivity (Wildman–Crippen MR) is 64.0 cm³/mol. The Morgan fingerprint density at radius 1 is 1.47 bits per heavy atom. The number of rotatable bonds is 2. The molecule has 4 heteroatoms. The number of carboxylic acid groups (broad SMARTS) is 1. The molecule has 0 bridgehead atoms. The van der Waals surface area contributed by atoms with E-state index in [1.165, 1.54) is 6.07 Å². The molecule has 1 aromatic rings. The zero-order valence-electron chi connectivity index (χ0n) is 10.0. The number of carboxylic acids is 1. The molecule has 0 atom stereocenters. The summed E-state index contributed by atoms with van der Waals surface area (Å²) in [5.41, 5.74) is 0.426. The first-order chi connectivity index (χ1) is 7.91. The van der Waals surface area contributed by atoms with Crippen molar-refractivity contribution in [3.05, 3.63) is 29.6 Å². The van der Waals surface area contributed by atoms with Gasteiger partial charge in [-0.3, -0.25) is 0 Å². The molecule has 1 aliphatic heterocycles. The Labute approximate surface area is 99.9 Å². The van der Waals surface area contributed by atoms with Crippen molar-refractivity contribution in [3.8, 4) is 0 Å². The van der Waals surface area contributed by atoms with E-state index in [1.807, 2.05) is 4.90 Å². The lowest BCUT2D eigenvalue weighted by Crippen LogP contribution is -2.25. The number of benzene rings is 1. The van der Waals surface area contributed by atoms with Crippen molar-refractivity contribution in [2.75, 3.05) is 18.0 Å². The van der Waals surface area contributed by atoms with Crippen LogP contribution in [0, 0.1) is 11.2 Å². The van der Waals surface area contributed by atoms with Crippen LogP contribution in [-0.2, 0) is 0 Å². The van der Waals surface area contributed by atoms with Gasteiger partial charge in [-0.25, -0.2) is 9.18 Å². The number of anilines is 1. The van der Waals surface area contributed by atoms with Crippen LogP contribution in [0.5, 0.6) is 0 Å². The summed E-state index contributed by atoms with van der Waals surface area (Å²) in [6, 6.07) is 4.42. The minimum atomic E-state index is -1.21. The maximum absolute atomic E-state index is 13.5. The van der Waals surface area contributed by atoms with Gasteiger partial charge in [0.05, 0.1) is 5.69 Å². The van der Waals surface area contributed by atoms with Crippen molar-refractivity contribution in [1.29, 1.82) is 0 Å². The highest BCUT2D eigenvalue weighted by atomic mass is 19.1. The molecule has 0 aromatic heterocycles. The molecule has 1 N–H and O–H groups in total. The number of aromatic carboxylic acids is 1. The fraction of sp³-hybridized carbons (Fsp3) is 0.462. The Morgan fingerprint density at radius 3 is 2.71 bits per heavy atom. The van der Waals surface area contributed by atoms with Crippen LogP contribution in [-0.4, -0.2) is 24.2 Å². The van der Waals surface area contributed by atoms with Gasteiger partial charge in [0.15, 0.2) is 0 Å². The normalized spacial score (nSPS) is 18.4. The minimum Gasteiger partial charge on any atom is -0.478 e. The molecule has 1 saturated heterocycles. The fourth-order valence-corrected chi connectivity index (χ4v) is 2.31. The van der Waals surface area contributed by atoms with Gasteiger partial charge in [-0.15, -0.1) is 0 Å². The van der Waals surface area contributed by atoms with Gasteiger partial charge in [0, 0.05) is 13.1 Å². The molecule has 0 saturated carbocycles. The molecule has 0 spiro atoms. The number of carbonyl (C=O) groups is 1. The third-order valence-corrected chi connectivity index (χ3v) is 3.22. The van der Waals surface area contributed by atoms with Crippen LogP contribution in [0.1, 0.15) is 30.6 Å². The summed E-state index contributed by atoms with van der Waals surface area (Å²) in [6.07, 6.45) is 0.989. The monoisotopic (exact) mass is 237 g/mol. The third-order valence-electron chi connectivity index (χ3n) is 3.22. The third kappa shape index (κ3) is 2.25. The van der Waals surface area contributed by atoms with Crippen LogP contribution in [0.4, 0.5) is 10.1 Å². The Kier molecular flexibility index (Phi) is 2.81. The molecule has 1 aliphatic rings. The van der Waals surface area contributed by atoms with Crippen LogP contribution in [0.3, 0.4) is 0 Å². The van der Waals surface area contributed by atoms with E-state index < -0.39 is 11.8 Å². The molecule has 0 aliphatic carbocycles.